The minimum atomic E-state index is -1.37. The third-order valence-corrected chi connectivity index (χ3v) is 3.84. The smallest absolute Gasteiger partial charge is 0.344 e. The van der Waals surface area contributed by atoms with Crippen molar-refractivity contribution in [2.24, 2.45) is 0 Å². The molecule has 2 aliphatic heterocycles. The van der Waals surface area contributed by atoms with E-state index in [9.17, 15) is 9.90 Å². The molecule has 0 fully saturated rings. The first-order valence-electron chi connectivity index (χ1n) is 6.64. The van der Waals surface area contributed by atoms with Crippen molar-refractivity contribution in [1.82, 2.24) is 0 Å². The van der Waals surface area contributed by atoms with Gasteiger partial charge in [-0.3, -0.25) is 0 Å². The number of ether oxygens (including phenoxy) is 4. The largest absolute Gasteiger partial charge is 0.497 e. The molecule has 1 N–H and O–H groups in total. The van der Waals surface area contributed by atoms with Crippen LogP contribution in [0, 0.1) is 0 Å². The highest BCUT2D eigenvalue weighted by Crippen LogP contribution is 2.46. The summed E-state index contributed by atoms with van der Waals surface area (Å²) < 4.78 is 21.3. The lowest BCUT2D eigenvalue weighted by molar-refractivity contribution is -0.0238. The predicted octanol–water partition coefficient (Wildman–Crippen LogP) is 2.04. The Hall–Kier alpha value is -2.73. The Kier molecular flexibility index (Phi) is 2.58. The minimum absolute atomic E-state index is 0.0646. The Morgan fingerprint density at radius 3 is 2.73 bits per heavy atom. The number of benzene rings is 2. The molecule has 2 aromatic rings. The Morgan fingerprint density at radius 1 is 1.18 bits per heavy atom. The van der Waals surface area contributed by atoms with Crippen LogP contribution in [0.3, 0.4) is 0 Å². The monoisotopic (exact) mass is 300 g/mol. The molecule has 2 heterocycles. The maximum Gasteiger partial charge on any atom is 0.344 e. The molecule has 0 bridgehead atoms. The van der Waals surface area contributed by atoms with Crippen LogP contribution in [-0.4, -0.2) is 31.6 Å². The fourth-order valence-corrected chi connectivity index (χ4v) is 2.87. The number of aliphatic hydroxyl groups is 1. The maximum absolute atomic E-state index is 12.0. The van der Waals surface area contributed by atoms with Gasteiger partial charge in [0, 0.05) is 17.0 Å². The summed E-state index contributed by atoms with van der Waals surface area (Å²) in [5, 5.41) is 11.7. The first-order valence-corrected chi connectivity index (χ1v) is 6.64. The second-order valence-electron chi connectivity index (χ2n) is 4.97. The molecule has 0 saturated carbocycles. The highest BCUT2D eigenvalue weighted by molar-refractivity contribution is 6.13. The number of rotatable bonds is 2. The number of hydrogen-bond donors (Lipinski definition) is 1. The number of methoxy groups -OCH3 is 2. The summed E-state index contributed by atoms with van der Waals surface area (Å²) in [4.78, 5) is 12.0. The van der Waals surface area contributed by atoms with Crippen molar-refractivity contribution in [3.05, 3.63) is 41.2 Å². The molecule has 0 amide bonds. The lowest BCUT2D eigenvalue weighted by Gasteiger charge is -2.15. The first kappa shape index (κ1) is 13.0. The van der Waals surface area contributed by atoms with Crippen molar-refractivity contribution >= 4 is 22.5 Å². The summed E-state index contributed by atoms with van der Waals surface area (Å²) in [7, 11) is 2.93. The van der Waals surface area contributed by atoms with Gasteiger partial charge in [-0.15, -0.1) is 0 Å². The van der Waals surface area contributed by atoms with Gasteiger partial charge >= 0.3 is 5.97 Å². The zero-order valence-corrected chi connectivity index (χ0v) is 11.9. The molecule has 6 heteroatoms. The van der Waals surface area contributed by atoms with Crippen LogP contribution < -0.4 is 9.47 Å². The van der Waals surface area contributed by atoms with Gasteiger partial charge in [0.15, 0.2) is 5.76 Å². The molecule has 2 aromatic carbocycles. The molecule has 0 radical (unpaired) electrons. The normalized spacial score (nSPS) is 18.9. The zero-order chi connectivity index (χ0) is 15.4. The minimum Gasteiger partial charge on any atom is -0.497 e. The quantitative estimate of drug-likeness (QED) is 0.856. The summed E-state index contributed by atoms with van der Waals surface area (Å²) in [6.07, 6.45) is -1.37. The zero-order valence-electron chi connectivity index (χ0n) is 11.9. The SMILES string of the molecule is COC1=C2OC(=O)c3ccc4cc(OC)cc(c4c32)O[C@@H]1O. The molecular formula is C16H12O6. The molecule has 112 valence electrons. The van der Waals surface area contributed by atoms with Crippen molar-refractivity contribution in [2.75, 3.05) is 14.2 Å². The third-order valence-electron chi connectivity index (χ3n) is 3.84. The molecule has 22 heavy (non-hydrogen) atoms. The Labute approximate surface area is 125 Å². The molecule has 1 atom stereocenters. The van der Waals surface area contributed by atoms with E-state index in [4.69, 9.17) is 18.9 Å². The number of aliphatic hydroxyl groups excluding tert-OH is 1. The van der Waals surface area contributed by atoms with E-state index >= 15 is 0 Å². The Balaban J connectivity index is 2.17. The van der Waals surface area contributed by atoms with Gasteiger partial charge in [-0.1, -0.05) is 6.07 Å². The van der Waals surface area contributed by atoms with E-state index in [0.717, 1.165) is 5.39 Å². The van der Waals surface area contributed by atoms with Crippen LogP contribution >= 0.6 is 0 Å². The van der Waals surface area contributed by atoms with Gasteiger partial charge in [0.05, 0.1) is 19.8 Å². The fraction of sp³-hybridized carbons (Fsp3) is 0.188. The molecule has 0 aromatic heterocycles. The van der Waals surface area contributed by atoms with E-state index in [0.29, 0.717) is 28.0 Å². The maximum atomic E-state index is 12.0. The summed E-state index contributed by atoms with van der Waals surface area (Å²) in [6.45, 7) is 0. The molecule has 0 unspecified atom stereocenters. The van der Waals surface area contributed by atoms with E-state index in [1.54, 1.807) is 25.3 Å². The summed E-state index contributed by atoms with van der Waals surface area (Å²) in [5.74, 6) is 0.778. The fourth-order valence-electron chi connectivity index (χ4n) is 2.87. The lowest BCUT2D eigenvalue weighted by atomic mass is 9.98. The van der Waals surface area contributed by atoms with Crippen molar-refractivity contribution in [3.63, 3.8) is 0 Å². The van der Waals surface area contributed by atoms with Crippen LogP contribution in [0.15, 0.2) is 30.0 Å². The van der Waals surface area contributed by atoms with E-state index in [1.165, 1.54) is 7.11 Å². The van der Waals surface area contributed by atoms with Crippen LogP contribution in [0.2, 0.25) is 0 Å². The van der Waals surface area contributed by atoms with Crippen LogP contribution in [0.1, 0.15) is 15.9 Å². The molecular weight excluding hydrogens is 288 g/mol. The summed E-state index contributed by atoms with van der Waals surface area (Å²) in [5.41, 5.74) is 0.995. The number of esters is 1. The number of carbonyl (C=O) groups is 1. The van der Waals surface area contributed by atoms with E-state index < -0.39 is 12.3 Å². The molecule has 6 nitrogen and oxygen atoms in total. The van der Waals surface area contributed by atoms with Crippen LogP contribution in [-0.2, 0) is 9.47 Å². The van der Waals surface area contributed by atoms with E-state index in [1.807, 2.05) is 6.07 Å². The second-order valence-corrected chi connectivity index (χ2v) is 4.97. The molecule has 4 rings (SSSR count). The van der Waals surface area contributed by atoms with Crippen LogP contribution in [0.5, 0.6) is 11.5 Å². The third kappa shape index (κ3) is 1.55. The van der Waals surface area contributed by atoms with E-state index in [-0.39, 0.29) is 11.5 Å². The van der Waals surface area contributed by atoms with Gasteiger partial charge in [0.2, 0.25) is 5.76 Å². The molecule has 2 aliphatic rings. The van der Waals surface area contributed by atoms with Crippen LogP contribution in [0.25, 0.3) is 16.5 Å². The summed E-state index contributed by atoms with van der Waals surface area (Å²) in [6, 6.07) is 6.96. The van der Waals surface area contributed by atoms with Gasteiger partial charge in [0.25, 0.3) is 6.29 Å². The molecule has 0 aliphatic carbocycles. The predicted molar refractivity (Wildman–Crippen MR) is 76.5 cm³/mol. The van der Waals surface area contributed by atoms with Crippen molar-refractivity contribution in [3.8, 4) is 11.5 Å². The van der Waals surface area contributed by atoms with Gasteiger partial charge in [-0.05, 0) is 17.5 Å². The van der Waals surface area contributed by atoms with Crippen molar-refractivity contribution in [2.45, 2.75) is 6.29 Å². The average molecular weight is 300 g/mol. The van der Waals surface area contributed by atoms with E-state index in [2.05, 4.69) is 0 Å². The topological polar surface area (TPSA) is 74.2 Å². The Bertz CT molecular complexity index is 851. The van der Waals surface area contributed by atoms with Gasteiger partial charge in [-0.25, -0.2) is 4.79 Å². The standard InChI is InChI=1S/C16H12O6/c1-19-8-5-7-3-4-9-12-11(7)10(6-8)21-16(18)14(20-2)13(12)22-15(9)17/h3-6,16,18H,1-2H3/t16-/m0/s1. The van der Waals surface area contributed by atoms with Crippen molar-refractivity contribution in [1.29, 1.82) is 0 Å². The van der Waals surface area contributed by atoms with Gasteiger partial charge in [-0.2, -0.15) is 0 Å². The second kappa shape index (κ2) is 4.38. The Morgan fingerprint density at radius 2 is 2.00 bits per heavy atom. The average Bonchev–Trinajstić information content (AvgIpc) is 2.78. The van der Waals surface area contributed by atoms with Crippen LogP contribution in [0.4, 0.5) is 0 Å². The molecule has 0 saturated heterocycles. The lowest BCUT2D eigenvalue weighted by Crippen LogP contribution is -2.20. The highest BCUT2D eigenvalue weighted by atomic mass is 16.6. The highest BCUT2D eigenvalue weighted by Gasteiger charge is 2.38. The first-order chi connectivity index (χ1) is 10.6. The number of carbonyl (C=O) groups excluding carboxylic acids is 1. The summed E-state index contributed by atoms with van der Waals surface area (Å²) >= 11 is 0. The molecule has 0 spiro atoms. The number of hydrogen-bond acceptors (Lipinski definition) is 6. The van der Waals surface area contributed by atoms with Crippen molar-refractivity contribution < 1.29 is 28.8 Å². The van der Waals surface area contributed by atoms with Gasteiger partial charge in [0.1, 0.15) is 11.5 Å². The van der Waals surface area contributed by atoms with Gasteiger partial charge < -0.3 is 24.1 Å².